The van der Waals surface area contributed by atoms with Gasteiger partial charge in [0.15, 0.2) is 0 Å². The third-order valence-electron chi connectivity index (χ3n) is 3.90. The number of nitrogens with one attached hydrogen (secondary N) is 3. The summed E-state index contributed by atoms with van der Waals surface area (Å²) in [6, 6.07) is 17.2. The maximum atomic E-state index is 12.2. The van der Waals surface area contributed by atoms with Gasteiger partial charge in [-0.1, -0.05) is 12.1 Å². The van der Waals surface area contributed by atoms with Crippen molar-refractivity contribution < 1.29 is 4.79 Å². The van der Waals surface area contributed by atoms with Crippen LogP contribution in [0, 0.1) is 0 Å². The average molecular weight is 316 g/mol. The van der Waals surface area contributed by atoms with Gasteiger partial charge in [-0.05, 0) is 48.5 Å². The summed E-state index contributed by atoms with van der Waals surface area (Å²) in [6.45, 7) is 0. The first-order valence-corrected chi connectivity index (χ1v) is 7.62. The molecule has 1 amide bonds. The van der Waals surface area contributed by atoms with E-state index in [1.807, 2.05) is 66.9 Å². The minimum Gasteiger partial charge on any atom is -0.399 e. The smallest absolute Gasteiger partial charge is 0.256 e. The number of H-pyrrole nitrogens is 1. The van der Waals surface area contributed by atoms with Crippen molar-refractivity contribution >= 4 is 40.3 Å². The summed E-state index contributed by atoms with van der Waals surface area (Å²) in [5, 5.41) is 6.20. The first kappa shape index (κ1) is 14.1. The molecule has 0 spiro atoms. The van der Waals surface area contributed by atoms with Gasteiger partial charge in [0.25, 0.3) is 5.91 Å². The van der Waals surface area contributed by atoms with E-state index in [-0.39, 0.29) is 5.91 Å². The number of anilines is 4. The van der Waals surface area contributed by atoms with Crippen LogP contribution in [0.5, 0.6) is 0 Å². The van der Waals surface area contributed by atoms with Gasteiger partial charge < -0.3 is 21.4 Å². The molecule has 4 rings (SSSR count). The van der Waals surface area contributed by atoms with E-state index >= 15 is 0 Å². The van der Waals surface area contributed by atoms with Gasteiger partial charge in [0.1, 0.15) is 0 Å². The van der Waals surface area contributed by atoms with Crippen LogP contribution in [0.25, 0.3) is 11.6 Å². The summed E-state index contributed by atoms with van der Waals surface area (Å²) >= 11 is 0. The molecule has 0 aliphatic carbocycles. The monoisotopic (exact) mass is 316 g/mol. The van der Waals surface area contributed by atoms with Gasteiger partial charge in [0, 0.05) is 34.5 Å². The molecule has 5 heteroatoms. The number of benzene rings is 2. The summed E-state index contributed by atoms with van der Waals surface area (Å²) in [7, 11) is 0. The number of nitrogen functional groups attached to an aromatic ring is 1. The molecule has 5 nitrogen and oxygen atoms in total. The van der Waals surface area contributed by atoms with E-state index in [2.05, 4.69) is 15.6 Å². The molecule has 0 fully saturated rings. The Morgan fingerprint density at radius 1 is 1.00 bits per heavy atom. The van der Waals surface area contributed by atoms with Crippen LogP contribution in [0.3, 0.4) is 0 Å². The van der Waals surface area contributed by atoms with Gasteiger partial charge in [0.2, 0.25) is 0 Å². The van der Waals surface area contributed by atoms with Crippen LogP contribution in [0.15, 0.2) is 60.8 Å². The Kier molecular flexibility index (Phi) is 3.31. The highest BCUT2D eigenvalue weighted by atomic mass is 16.2. The second-order valence-corrected chi connectivity index (χ2v) is 5.65. The lowest BCUT2D eigenvalue weighted by atomic mass is 10.1. The van der Waals surface area contributed by atoms with Crippen LogP contribution >= 0.6 is 0 Å². The predicted molar refractivity (Wildman–Crippen MR) is 97.9 cm³/mol. The number of aromatic nitrogens is 1. The SMILES string of the molecule is Nc1cccc(Nc2ccc3c(c2)NC(=O)/C3=C/c2ccc[nH]2)c1. The summed E-state index contributed by atoms with van der Waals surface area (Å²) in [5.74, 6) is -0.0966. The first-order chi connectivity index (χ1) is 11.7. The summed E-state index contributed by atoms with van der Waals surface area (Å²) in [4.78, 5) is 15.3. The van der Waals surface area contributed by atoms with Crippen molar-refractivity contribution in [3.8, 4) is 0 Å². The van der Waals surface area contributed by atoms with Gasteiger partial charge in [-0.3, -0.25) is 4.79 Å². The number of amides is 1. The molecule has 24 heavy (non-hydrogen) atoms. The lowest BCUT2D eigenvalue weighted by Gasteiger charge is -2.08. The van der Waals surface area contributed by atoms with Crippen molar-refractivity contribution in [3.05, 3.63) is 72.1 Å². The quantitative estimate of drug-likeness (QED) is 0.438. The molecule has 0 atom stereocenters. The van der Waals surface area contributed by atoms with Crippen LogP contribution in [0.2, 0.25) is 0 Å². The van der Waals surface area contributed by atoms with Crippen LogP contribution in [0.1, 0.15) is 11.3 Å². The summed E-state index contributed by atoms with van der Waals surface area (Å²) in [6.07, 6.45) is 3.69. The fraction of sp³-hybridized carbons (Fsp3) is 0. The van der Waals surface area contributed by atoms with Crippen molar-refractivity contribution in [2.24, 2.45) is 0 Å². The number of rotatable bonds is 3. The minimum atomic E-state index is -0.0966. The number of nitrogens with two attached hydrogens (primary N) is 1. The van der Waals surface area contributed by atoms with E-state index in [4.69, 9.17) is 5.73 Å². The van der Waals surface area contributed by atoms with Crippen LogP contribution < -0.4 is 16.4 Å². The molecule has 2 aromatic carbocycles. The lowest BCUT2D eigenvalue weighted by Crippen LogP contribution is -2.03. The highest BCUT2D eigenvalue weighted by molar-refractivity contribution is 6.35. The average Bonchev–Trinajstić information content (AvgIpc) is 3.16. The zero-order valence-corrected chi connectivity index (χ0v) is 12.8. The van der Waals surface area contributed by atoms with Crippen molar-refractivity contribution in [1.82, 2.24) is 4.98 Å². The van der Waals surface area contributed by atoms with E-state index in [0.29, 0.717) is 11.3 Å². The van der Waals surface area contributed by atoms with Crippen molar-refractivity contribution in [2.75, 3.05) is 16.4 Å². The molecule has 0 bridgehead atoms. The molecule has 0 radical (unpaired) electrons. The molecule has 0 saturated carbocycles. The Labute approximate surface area is 139 Å². The Morgan fingerprint density at radius 2 is 1.88 bits per heavy atom. The third-order valence-corrected chi connectivity index (χ3v) is 3.90. The van der Waals surface area contributed by atoms with Gasteiger partial charge in [-0.2, -0.15) is 0 Å². The van der Waals surface area contributed by atoms with E-state index < -0.39 is 0 Å². The number of carbonyl (C=O) groups excluding carboxylic acids is 1. The zero-order valence-electron chi connectivity index (χ0n) is 12.8. The van der Waals surface area contributed by atoms with Crippen LogP contribution in [0.4, 0.5) is 22.7 Å². The molecule has 1 aliphatic rings. The van der Waals surface area contributed by atoms with Crippen LogP contribution in [-0.4, -0.2) is 10.9 Å². The number of carbonyl (C=O) groups is 1. The van der Waals surface area contributed by atoms with Gasteiger partial charge in [-0.25, -0.2) is 0 Å². The predicted octanol–water partition coefficient (Wildman–Crippen LogP) is 3.83. The standard InChI is InChI=1S/C19H16N4O/c20-12-3-1-4-14(9-12)22-15-6-7-16-17(10-13-5-2-8-21-13)19(24)23-18(16)11-15/h1-11,21-22H,20H2,(H,23,24)/b17-10+. The molecule has 5 N–H and O–H groups in total. The van der Waals surface area contributed by atoms with Gasteiger partial charge in [-0.15, -0.1) is 0 Å². The summed E-state index contributed by atoms with van der Waals surface area (Å²) in [5.41, 5.74) is 11.5. The Balaban J connectivity index is 1.65. The topological polar surface area (TPSA) is 82.9 Å². The molecule has 0 unspecified atom stereocenters. The maximum absolute atomic E-state index is 12.2. The normalized spacial score (nSPS) is 14.5. The molecular weight excluding hydrogens is 300 g/mol. The number of hydrogen-bond donors (Lipinski definition) is 4. The van der Waals surface area contributed by atoms with Crippen molar-refractivity contribution in [2.45, 2.75) is 0 Å². The molecule has 3 aromatic rings. The molecular formula is C19H16N4O. The Hall–Kier alpha value is -3.47. The maximum Gasteiger partial charge on any atom is 0.256 e. The lowest BCUT2D eigenvalue weighted by molar-refractivity contribution is -0.110. The van der Waals surface area contributed by atoms with Crippen molar-refractivity contribution in [1.29, 1.82) is 0 Å². The summed E-state index contributed by atoms with van der Waals surface area (Å²) < 4.78 is 0. The molecule has 0 saturated heterocycles. The van der Waals surface area contributed by atoms with E-state index in [0.717, 1.165) is 28.3 Å². The Morgan fingerprint density at radius 3 is 2.67 bits per heavy atom. The van der Waals surface area contributed by atoms with E-state index in [9.17, 15) is 4.79 Å². The fourth-order valence-electron chi connectivity index (χ4n) is 2.79. The zero-order chi connectivity index (χ0) is 16.5. The molecule has 1 aromatic heterocycles. The van der Waals surface area contributed by atoms with Gasteiger partial charge in [0.05, 0.1) is 11.3 Å². The first-order valence-electron chi connectivity index (χ1n) is 7.62. The Bertz CT molecular complexity index is 942. The van der Waals surface area contributed by atoms with Crippen LogP contribution in [-0.2, 0) is 4.79 Å². The fourth-order valence-corrected chi connectivity index (χ4v) is 2.79. The number of hydrogen-bond acceptors (Lipinski definition) is 3. The molecule has 1 aliphatic heterocycles. The number of aromatic amines is 1. The third kappa shape index (κ3) is 2.63. The van der Waals surface area contributed by atoms with E-state index in [1.54, 1.807) is 0 Å². The molecule has 118 valence electrons. The second kappa shape index (κ2) is 5.62. The van der Waals surface area contributed by atoms with Crippen molar-refractivity contribution in [3.63, 3.8) is 0 Å². The largest absolute Gasteiger partial charge is 0.399 e. The highest BCUT2D eigenvalue weighted by Gasteiger charge is 2.24. The number of fused-ring (bicyclic) bond motifs is 1. The minimum absolute atomic E-state index is 0.0966. The highest BCUT2D eigenvalue weighted by Crippen LogP contribution is 2.35. The van der Waals surface area contributed by atoms with Gasteiger partial charge >= 0.3 is 0 Å². The molecule has 2 heterocycles. The van der Waals surface area contributed by atoms with E-state index in [1.165, 1.54) is 0 Å². The second-order valence-electron chi connectivity index (χ2n) is 5.65.